The molecule has 0 bridgehead atoms. The molecule has 3 heterocycles. The van der Waals surface area contributed by atoms with E-state index in [4.69, 9.17) is 22.3 Å². The van der Waals surface area contributed by atoms with E-state index in [1.54, 1.807) is 17.1 Å². The molecule has 2 N–H and O–H groups in total. The van der Waals surface area contributed by atoms with Crippen molar-refractivity contribution in [2.75, 3.05) is 18.0 Å². The minimum atomic E-state index is -0.0509. The predicted molar refractivity (Wildman–Crippen MR) is 150 cm³/mol. The maximum Gasteiger partial charge on any atom is 0.262 e. The van der Waals surface area contributed by atoms with Crippen molar-refractivity contribution in [3.8, 4) is 0 Å². The summed E-state index contributed by atoms with van der Waals surface area (Å²) in [6, 6.07) is 4.31. The van der Waals surface area contributed by atoms with Crippen LogP contribution in [0.1, 0.15) is 70.8 Å². The topological polar surface area (TPSA) is 89.9 Å². The molecule has 1 aliphatic heterocycles. The Hall–Kier alpha value is -2.16. The van der Waals surface area contributed by atoms with E-state index >= 15 is 0 Å². The lowest BCUT2D eigenvalue weighted by Crippen LogP contribution is -2.48. The van der Waals surface area contributed by atoms with Crippen LogP contribution in [-0.2, 0) is 0 Å². The Morgan fingerprint density at radius 1 is 1.03 bits per heavy atom. The first kappa shape index (κ1) is 25.1. The first-order valence-electron chi connectivity index (χ1n) is 13.6. The summed E-state index contributed by atoms with van der Waals surface area (Å²) >= 11 is 8.23. The average molecular weight is 539 g/mol. The lowest BCUT2D eigenvalue weighted by molar-refractivity contribution is 0.186. The number of anilines is 1. The van der Waals surface area contributed by atoms with Gasteiger partial charge >= 0.3 is 0 Å². The van der Waals surface area contributed by atoms with E-state index in [9.17, 15) is 4.79 Å². The number of piperidine rings is 1. The molecule has 3 aromatic rings. The van der Waals surface area contributed by atoms with E-state index in [1.165, 1.54) is 31.0 Å². The van der Waals surface area contributed by atoms with Gasteiger partial charge in [-0.15, -0.1) is 0 Å². The van der Waals surface area contributed by atoms with E-state index in [2.05, 4.69) is 21.8 Å². The molecule has 3 fully saturated rings. The smallest absolute Gasteiger partial charge is 0.262 e. The minimum absolute atomic E-state index is 0.0509. The van der Waals surface area contributed by atoms with Crippen LogP contribution in [0.25, 0.3) is 10.9 Å². The molecule has 3 aliphatic rings. The highest BCUT2D eigenvalue weighted by Gasteiger charge is 2.46. The van der Waals surface area contributed by atoms with E-state index in [1.807, 2.05) is 18.3 Å². The highest BCUT2D eigenvalue weighted by Crippen LogP contribution is 2.48. The normalized spacial score (nSPS) is 24.2. The third kappa shape index (κ3) is 4.66. The summed E-state index contributed by atoms with van der Waals surface area (Å²) < 4.78 is 1.79. The Kier molecular flexibility index (Phi) is 6.92. The molecule has 2 saturated carbocycles. The number of hydrogen-bond acceptors (Lipinski definition) is 7. The number of fused-ring (bicyclic) bond motifs is 1. The third-order valence-electron chi connectivity index (χ3n) is 9.15. The second-order valence-electron chi connectivity index (χ2n) is 11.2. The molecule has 1 spiro atoms. The molecule has 2 atom stereocenters. The van der Waals surface area contributed by atoms with Gasteiger partial charge in [-0.3, -0.25) is 9.36 Å². The molecule has 6 rings (SSSR count). The summed E-state index contributed by atoms with van der Waals surface area (Å²) in [4.78, 5) is 30.5. The molecule has 37 heavy (non-hydrogen) atoms. The molecule has 2 aliphatic carbocycles. The van der Waals surface area contributed by atoms with Crippen LogP contribution >= 0.6 is 23.4 Å². The van der Waals surface area contributed by atoms with Crippen molar-refractivity contribution in [3.05, 3.63) is 46.2 Å². The van der Waals surface area contributed by atoms with Gasteiger partial charge in [-0.05, 0) is 62.0 Å². The Labute approximate surface area is 227 Å². The van der Waals surface area contributed by atoms with Crippen molar-refractivity contribution in [2.24, 2.45) is 17.1 Å². The largest absolute Gasteiger partial charge is 0.355 e. The van der Waals surface area contributed by atoms with Gasteiger partial charge in [-0.2, -0.15) is 0 Å². The zero-order valence-corrected chi connectivity index (χ0v) is 23.0. The minimum Gasteiger partial charge on any atom is -0.355 e. The standard InChI is InChI=1S/C28H35ClN6OS/c1-18-9-10-28(26(18)30)11-13-34(14-12-28)22-15-32-23(16-31-22)37-21-8-7-20-24(25(21)29)27(36)35(17-33-20)19-5-3-2-4-6-19/h7-8,15-19,26H,2-6,9-14,30H2,1H3/t18-,26-/m1/s1. The maximum absolute atomic E-state index is 13.4. The number of nitrogens with two attached hydrogens (primary N) is 1. The number of nitrogens with zero attached hydrogens (tertiary/aromatic N) is 5. The Bertz CT molecular complexity index is 1330. The molecule has 1 aromatic carbocycles. The monoisotopic (exact) mass is 538 g/mol. The van der Waals surface area contributed by atoms with Crippen LogP contribution in [0.15, 0.2) is 45.6 Å². The summed E-state index contributed by atoms with van der Waals surface area (Å²) in [5.41, 5.74) is 7.47. The van der Waals surface area contributed by atoms with Crippen LogP contribution in [0.2, 0.25) is 5.02 Å². The van der Waals surface area contributed by atoms with Gasteiger partial charge in [-0.25, -0.2) is 15.0 Å². The number of aromatic nitrogens is 4. The van der Waals surface area contributed by atoms with Crippen LogP contribution in [-0.4, -0.2) is 38.7 Å². The lowest BCUT2D eigenvalue weighted by atomic mass is 9.73. The van der Waals surface area contributed by atoms with Crippen LogP contribution in [0.5, 0.6) is 0 Å². The van der Waals surface area contributed by atoms with Gasteiger partial charge in [0.2, 0.25) is 0 Å². The van der Waals surface area contributed by atoms with Crippen molar-refractivity contribution in [2.45, 2.75) is 86.7 Å². The van der Waals surface area contributed by atoms with E-state index < -0.39 is 0 Å². The molecule has 0 amide bonds. The fraction of sp³-hybridized carbons (Fsp3) is 0.571. The number of hydrogen-bond donors (Lipinski definition) is 1. The van der Waals surface area contributed by atoms with Gasteiger partial charge < -0.3 is 10.6 Å². The highest BCUT2D eigenvalue weighted by atomic mass is 35.5. The quantitative estimate of drug-likeness (QED) is 0.446. The Morgan fingerprint density at radius 2 is 1.81 bits per heavy atom. The number of benzene rings is 1. The SMILES string of the molecule is C[C@@H]1CCC2(CCN(c3cnc(Sc4ccc5ncn(C6CCCCC6)c(=O)c5c4Cl)cn3)CC2)[C@@H]1N. The molecule has 7 nitrogen and oxygen atoms in total. The first-order valence-corrected chi connectivity index (χ1v) is 14.8. The van der Waals surface area contributed by atoms with Crippen molar-refractivity contribution < 1.29 is 0 Å². The molecule has 196 valence electrons. The second-order valence-corrected chi connectivity index (χ2v) is 12.7. The third-order valence-corrected chi connectivity index (χ3v) is 10.6. The fourth-order valence-electron chi connectivity index (χ4n) is 6.73. The number of rotatable bonds is 4. The zero-order chi connectivity index (χ0) is 25.6. The van der Waals surface area contributed by atoms with Gasteiger partial charge in [0.25, 0.3) is 5.56 Å². The van der Waals surface area contributed by atoms with Crippen molar-refractivity contribution in [1.29, 1.82) is 0 Å². The van der Waals surface area contributed by atoms with E-state index in [-0.39, 0.29) is 11.6 Å². The van der Waals surface area contributed by atoms with Gasteiger partial charge in [0.05, 0.1) is 34.6 Å². The van der Waals surface area contributed by atoms with Gasteiger partial charge in [0.15, 0.2) is 0 Å². The molecule has 0 unspecified atom stereocenters. The molecular formula is C28H35ClN6OS. The molecule has 9 heteroatoms. The van der Waals surface area contributed by atoms with E-state index in [0.717, 1.165) is 67.4 Å². The maximum atomic E-state index is 13.4. The zero-order valence-electron chi connectivity index (χ0n) is 21.4. The lowest BCUT2D eigenvalue weighted by Gasteiger charge is -2.43. The first-order chi connectivity index (χ1) is 17.9. The molecule has 0 radical (unpaired) electrons. The summed E-state index contributed by atoms with van der Waals surface area (Å²) in [6.45, 7) is 4.23. The van der Waals surface area contributed by atoms with Crippen LogP contribution in [0.3, 0.4) is 0 Å². The second kappa shape index (κ2) is 10.2. The predicted octanol–water partition coefficient (Wildman–Crippen LogP) is 5.84. The van der Waals surface area contributed by atoms with Crippen molar-refractivity contribution in [3.63, 3.8) is 0 Å². The van der Waals surface area contributed by atoms with Crippen molar-refractivity contribution in [1.82, 2.24) is 19.5 Å². The summed E-state index contributed by atoms with van der Waals surface area (Å²) in [6.07, 6.45) is 15.7. The number of halogens is 1. The van der Waals surface area contributed by atoms with Crippen LogP contribution in [0.4, 0.5) is 5.82 Å². The van der Waals surface area contributed by atoms with Gasteiger partial charge in [-0.1, -0.05) is 49.5 Å². The Morgan fingerprint density at radius 3 is 2.49 bits per heavy atom. The Balaban J connectivity index is 1.18. The van der Waals surface area contributed by atoms with Gasteiger partial charge in [0.1, 0.15) is 10.8 Å². The van der Waals surface area contributed by atoms with Crippen LogP contribution in [0, 0.1) is 11.3 Å². The van der Waals surface area contributed by atoms with Crippen LogP contribution < -0.4 is 16.2 Å². The summed E-state index contributed by atoms with van der Waals surface area (Å²) in [5.74, 6) is 1.53. The fourth-order valence-corrected chi connectivity index (χ4v) is 7.85. The molecule has 1 saturated heterocycles. The molecule has 2 aromatic heterocycles. The highest BCUT2D eigenvalue weighted by molar-refractivity contribution is 7.99. The van der Waals surface area contributed by atoms with Crippen molar-refractivity contribution >= 4 is 40.1 Å². The summed E-state index contributed by atoms with van der Waals surface area (Å²) in [5, 5.41) is 1.69. The summed E-state index contributed by atoms with van der Waals surface area (Å²) in [7, 11) is 0. The van der Waals surface area contributed by atoms with Gasteiger partial charge in [0, 0.05) is 30.1 Å². The molecular weight excluding hydrogens is 504 g/mol. The average Bonchev–Trinajstić information content (AvgIpc) is 3.20. The van der Waals surface area contributed by atoms with E-state index in [0.29, 0.717) is 33.3 Å².